The summed E-state index contributed by atoms with van der Waals surface area (Å²) in [7, 11) is -4.30. The fourth-order valence-corrected chi connectivity index (χ4v) is 7.63. The first-order valence-electron chi connectivity index (χ1n) is 21.2. The zero-order valence-corrected chi connectivity index (χ0v) is 33.0. The Bertz CT molecular complexity index is 775. The lowest BCUT2D eigenvalue weighted by atomic mass is 10.0. The summed E-state index contributed by atoms with van der Waals surface area (Å²) in [5.74, 6) is -0.883. The molecule has 288 valence electrons. The van der Waals surface area contributed by atoms with E-state index in [4.69, 9.17) is 0 Å². The average Bonchev–Trinajstić information content (AvgIpc) is 3.05. The smallest absolute Gasteiger partial charge is 0.266 e. The van der Waals surface area contributed by atoms with Crippen LogP contribution in [0.15, 0.2) is 0 Å². The average molecular weight is 702 g/mol. The second kappa shape index (κ2) is 36.1. The largest absolute Gasteiger partial charge is 0.391 e. The lowest BCUT2D eigenvalue weighted by Crippen LogP contribution is -2.47. The van der Waals surface area contributed by atoms with Crippen LogP contribution in [0.25, 0.3) is 0 Å². The molecule has 0 spiro atoms. The van der Waals surface area contributed by atoms with E-state index in [0.29, 0.717) is 12.8 Å². The van der Waals surface area contributed by atoms with E-state index < -0.39 is 28.0 Å². The number of hydrogen-bond donors (Lipinski definition) is 3. The third-order valence-electron chi connectivity index (χ3n) is 10.1. The van der Waals surface area contributed by atoms with Crippen molar-refractivity contribution in [3.63, 3.8) is 0 Å². The molecule has 7 heteroatoms. The standard InChI is InChI=1S/C41H83NO5S/c1-3-5-7-9-11-13-15-17-18-19-20-21-22-23-25-26-28-30-32-34-36-40(43)39(38-48(45,46)47)42-41(44)37-35-33-31-29-27-24-16-14-12-10-8-6-4-2/h39-40,43H,3-38H2,1-2H3,(H,42,44)(H,45,46,47). The Morgan fingerprint density at radius 1 is 0.479 bits per heavy atom. The van der Waals surface area contributed by atoms with E-state index in [9.17, 15) is 22.9 Å². The van der Waals surface area contributed by atoms with Gasteiger partial charge in [0.25, 0.3) is 10.1 Å². The number of carbonyl (C=O) groups excluding carboxylic acids is 1. The molecule has 0 saturated carbocycles. The Labute approximate surface area is 299 Å². The normalized spacial score (nSPS) is 13.2. The molecule has 6 nitrogen and oxygen atoms in total. The van der Waals surface area contributed by atoms with Gasteiger partial charge in [-0.25, -0.2) is 0 Å². The van der Waals surface area contributed by atoms with Crippen molar-refractivity contribution < 1.29 is 22.9 Å². The van der Waals surface area contributed by atoms with Crippen LogP contribution in [0.2, 0.25) is 0 Å². The van der Waals surface area contributed by atoms with Crippen molar-refractivity contribution in [3.8, 4) is 0 Å². The summed E-state index contributed by atoms with van der Waals surface area (Å²) in [6.45, 7) is 4.53. The van der Waals surface area contributed by atoms with Crippen molar-refractivity contribution >= 4 is 16.0 Å². The van der Waals surface area contributed by atoms with Gasteiger partial charge in [-0.3, -0.25) is 9.35 Å². The molecule has 0 aliphatic rings. The van der Waals surface area contributed by atoms with Gasteiger partial charge in [0, 0.05) is 6.42 Å². The third-order valence-corrected chi connectivity index (χ3v) is 10.8. The van der Waals surface area contributed by atoms with Crippen LogP contribution in [0.5, 0.6) is 0 Å². The van der Waals surface area contributed by atoms with E-state index in [2.05, 4.69) is 19.2 Å². The molecule has 0 rings (SSSR count). The van der Waals surface area contributed by atoms with Crippen molar-refractivity contribution in [3.05, 3.63) is 0 Å². The molecule has 0 aliphatic heterocycles. The van der Waals surface area contributed by atoms with Gasteiger partial charge in [-0.2, -0.15) is 8.42 Å². The molecule has 1 amide bonds. The summed E-state index contributed by atoms with van der Waals surface area (Å²) in [6.07, 6.45) is 42.0. The topological polar surface area (TPSA) is 104 Å². The summed E-state index contributed by atoms with van der Waals surface area (Å²) >= 11 is 0. The lowest BCUT2D eigenvalue weighted by Gasteiger charge is -2.23. The van der Waals surface area contributed by atoms with E-state index in [1.54, 1.807) is 0 Å². The molecule has 48 heavy (non-hydrogen) atoms. The highest BCUT2D eigenvalue weighted by molar-refractivity contribution is 7.85. The van der Waals surface area contributed by atoms with Crippen LogP contribution in [0.1, 0.15) is 239 Å². The first kappa shape index (κ1) is 47.3. The number of carbonyl (C=O) groups is 1. The molecule has 0 aromatic rings. The molecule has 2 atom stereocenters. The van der Waals surface area contributed by atoms with Gasteiger partial charge >= 0.3 is 0 Å². The van der Waals surface area contributed by atoms with Crippen LogP contribution >= 0.6 is 0 Å². The maximum absolute atomic E-state index is 12.5. The number of aliphatic hydroxyl groups is 1. The zero-order chi connectivity index (χ0) is 35.4. The number of amides is 1. The van der Waals surface area contributed by atoms with E-state index >= 15 is 0 Å². The molecule has 2 unspecified atom stereocenters. The minimum absolute atomic E-state index is 0.241. The van der Waals surface area contributed by atoms with Gasteiger partial charge in [0.1, 0.15) is 0 Å². The Hall–Kier alpha value is -0.660. The predicted octanol–water partition coefficient (Wildman–Crippen LogP) is 12.4. The Morgan fingerprint density at radius 3 is 1.04 bits per heavy atom. The second-order valence-electron chi connectivity index (χ2n) is 15.0. The maximum Gasteiger partial charge on any atom is 0.266 e. The SMILES string of the molecule is CCCCCCCCCCCCCCCCCCCCCCC(O)C(CS(=O)(=O)O)NC(=O)CCCCCCCCCCCCCCC. The lowest BCUT2D eigenvalue weighted by molar-refractivity contribution is -0.122. The summed E-state index contributed by atoms with van der Waals surface area (Å²) < 4.78 is 32.5. The van der Waals surface area contributed by atoms with Crippen LogP contribution in [0.4, 0.5) is 0 Å². The highest BCUT2D eigenvalue weighted by Gasteiger charge is 2.26. The third kappa shape index (κ3) is 36.6. The van der Waals surface area contributed by atoms with Crippen LogP contribution in [-0.2, 0) is 14.9 Å². The van der Waals surface area contributed by atoms with Crippen molar-refractivity contribution in [2.24, 2.45) is 0 Å². The fraction of sp³-hybridized carbons (Fsp3) is 0.976. The van der Waals surface area contributed by atoms with E-state index in [-0.39, 0.29) is 5.91 Å². The van der Waals surface area contributed by atoms with E-state index in [0.717, 1.165) is 38.5 Å². The Kier molecular flexibility index (Phi) is 35.6. The van der Waals surface area contributed by atoms with Gasteiger partial charge in [-0.15, -0.1) is 0 Å². The van der Waals surface area contributed by atoms with Gasteiger partial charge < -0.3 is 10.4 Å². The van der Waals surface area contributed by atoms with E-state index in [1.807, 2.05) is 0 Å². The molecule has 3 N–H and O–H groups in total. The molecule has 0 radical (unpaired) electrons. The van der Waals surface area contributed by atoms with Gasteiger partial charge in [-0.05, 0) is 12.8 Å². The van der Waals surface area contributed by atoms with Gasteiger partial charge in [0.05, 0.1) is 17.9 Å². The fourth-order valence-electron chi connectivity index (χ4n) is 6.87. The second-order valence-corrected chi connectivity index (χ2v) is 16.5. The monoisotopic (exact) mass is 702 g/mol. The van der Waals surface area contributed by atoms with Crippen LogP contribution in [0, 0.1) is 0 Å². The number of aliphatic hydroxyl groups excluding tert-OH is 1. The number of nitrogens with one attached hydrogen (secondary N) is 1. The minimum Gasteiger partial charge on any atom is -0.391 e. The zero-order valence-electron chi connectivity index (χ0n) is 32.1. The number of hydrogen-bond acceptors (Lipinski definition) is 4. The summed E-state index contributed by atoms with van der Waals surface area (Å²) in [5, 5.41) is 13.4. The summed E-state index contributed by atoms with van der Waals surface area (Å²) in [5.41, 5.74) is 0. The minimum atomic E-state index is -4.30. The molecule has 0 bridgehead atoms. The Morgan fingerprint density at radius 2 is 0.750 bits per heavy atom. The van der Waals surface area contributed by atoms with Crippen LogP contribution < -0.4 is 5.32 Å². The van der Waals surface area contributed by atoms with Gasteiger partial charge in [-0.1, -0.05) is 219 Å². The van der Waals surface area contributed by atoms with Crippen LogP contribution in [0.3, 0.4) is 0 Å². The molecule has 0 saturated heterocycles. The quantitative estimate of drug-likeness (QED) is 0.0437. The van der Waals surface area contributed by atoms with Crippen molar-refractivity contribution in [1.82, 2.24) is 5.32 Å². The number of rotatable bonds is 39. The molecule has 0 aliphatic carbocycles. The molecule has 0 fully saturated rings. The summed E-state index contributed by atoms with van der Waals surface area (Å²) in [6, 6.07) is -0.963. The molecular weight excluding hydrogens is 619 g/mol. The molecule has 0 aromatic carbocycles. The van der Waals surface area contributed by atoms with Gasteiger partial charge in [0.15, 0.2) is 0 Å². The highest BCUT2D eigenvalue weighted by Crippen LogP contribution is 2.17. The molecular formula is C41H83NO5S. The Balaban J connectivity index is 3.78. The highest BCUT2D eigenvalue weighted by atomic mass is 32.2. The van der Waals surface area contributed by atoms with Gasteiger partial charge in [0.2, 0.25) is 5.91 Å². The van der Waals surface area contributed by atoms with Crippen molar-refractivity contribution in [2.45, 2.75) is 251 Å². The van der Waals surface area contributed by atoms with E-state index in [1.165, 1.54) is 173 Å². The van der Waals surface area contributed by atoms with Crippen molar-refractivity contribution in [1.29, 1.82) is 0 Å². The maximum atomic E-state index is 12.5. The summed E-state index contributed by atoms with van der Waals surface area (Å²) in [4.78, 5) is 12.5. The molecule has 0 aromatic heterocycles. The first-order valence-corrected chi connectivity index (χ1v) is 22.8. The molecule has 0 heterocycles. The predicted molar refractivity (Wildman–Crippen MR) is 207 cm³/mol. The number of unbranched alkanes of at least 4 members (excludes halogenated alkanes) is 31. The van der Waals surface area contributed by atoms with Crippen molar-refractivity contribution in [2.75, 3.05) is 5.75 Å². The van der Waals surface area contributed by atoms with Crippen LogP contribution in [-0.4, -0.2) is 41.9 Å². The first-order chi connectivity index (χ1) is 23.3.